The second kappa shape index (κ2) is 17.7. The summed E-state index contributed by atoms with van der Waals surface area (Å²) in [5.41, 5.74) is 1.19. The molecule has 12 nitrogen and oxygen atoms in total. The first-order chi connectivity index (χ1) is 29.3. The number of piperidine rings is 1. The number of rotatable bonds is 12. The SMILES string of the molecule is CC(C)(C)OC(=O)N1CC(F)CC(NC(=O)OCCCc2cccc3cccc(-c4ncc5c(OCc6ccccc6)nc(OC[C@@]67CCCN6C[C@H](F)C7)nc5c4F)c23)C1. The first-order valence-corrected chi connectivity index (χ1v) is 21.0. The minimum atomic E-state index is -1.32. The van der Waals surface area contributed by atoms with E-state index in [1.165, 1.54) is 11.1 Å². The zero-order valence-corrected chi connectivity index (χ0v) is 34.7. The van der Waals surface area contributed by atoms with Gasteiger partial charge in [0.15, 0.2) is 5.82 Å². The van der Waals surface area contributed by atoms with Crippen LogP contribution in [0.4, 0.5) is 22.8 Å². The smallest absolute Gasteiger partial charge is 0.410 e. The van der Waals surface area contributed by atoms with Gasteiger partial charge in [-0.15, -0.1) is 0 Å². The molecule has 15 heteroatoms. The molecule has 2 amide bonds. The molecule has 2 aromatic heterocycles. The molecular formula is C46H51F3N6O6. The number of aryl methyl sites for hydroxylation is 1. The lowest BCUT2D eigenvalue weighted by Gasteiger charge is -2.35. The monoisotopic (exact) mass is 840 g/mol. The minimum Gasteiger partial charge on any atom is -0.472 e. The van der Waals surface area contributed by atoms with Gasteiger partial charge in [0.25, 0.3) is 0 Å². The average Bonchev–Trinajstić information content (AvgIpc) is 3.76. The van der Waals surface area contributed by atoms with Gasteiger partial charge in [0, 0.05) is 37.7 Å². The second-order valence-corrected chi connectivity index (χ2v) is 17.3. The lowest BCUT2D eigenvalue weighted by molar-refractivity contribution is 0.00917. The van der Waals surface area contributed by atoms with Crippen molar-refractivity contribution in [1.29, 1.82) is 0 Å². The van der Waals surface area contributed by atoms with E-state index >= 15 is 4.39 Å². The van der Waals surface area contributed by atoms with Crippen molar-refractivity contribution in [1.82, 2.24) is 30.1 Å². The van der Waals surface area contributed by atoms with Crippen LogP contribution in [0, 0.1) is 5.82 Å². The lowest BCUT2D eigenvalue weighted by Crippen LogP contribution is -2.54. The average molecular weight is 841 g/mol. The van der Waals surface area contributed by atoms with Gasteiger partial charge in [0.2, 0.25) is 5.88 Å². The Balaban J connectivity index is 1.00. The molecule has 0 bridgehead atoms. The van der Waals surface area contributed by atoms with Gasteiger partial charge < -0.3 is 29.2 Å². The van der Waals surface area contributed by atoms with Crippen molar-refractivity contribution in [2.75, 3.05) is 39.4 Å². The molecule has 61 heavy (non-hydrogen) atoms. The van der Waals surface area contributed by atoms with E-state index < -0.39 is 47.5 Å². The largest absolute Gasteiger partial charge is 0.472 e. The number of halogens is 3. The van der Waals surface area contributed by atoms with Crippen molar-refractivity contribution in [3.05, 3.63) is 89.9 Å². The fourth-order valence-electron chi connectivity index (χ4n) is 8.82. The minimum absolute atomic E-state index is 0.0196. The predicted molar refractivity (Wildman–Crippen MR) is 223 cm³/mol. The molecule has 3 aliphatic heterocycles. The molecule has 3 aromatic carbocycles. The molecule has 8 rings (SSSR count). The number of pyridine rings is 1. The molecule has 5 heterocycles. The van der Waals surface area contributed by atoms with Crippen LogP contribution in [0.1, 0.15) is 64.0 Å². The molecule has 3 fully saturated rings. The number of alkyl carbamates (subject to hydrolysis) is 1. The van der Waals surface area contributed by atoms with Gasteiger partial charge in [0.05, 0.1) is 30.1 Å². The summed E-state index contributed by atoms with van der Waals surface area (Å²) in [5, 5.41) is 4.61. The Morgan fingerprint density at radius 1 is 0.951 bits per heavy atom. The number of nitrogens with one attached hydrogen (secondary N) is 1. The van der Waals surface area contributed by atoms with Crippen molar-refractivity contribution in [2.24, 2.45) is 0 Å². The molecule has 4 atom stereocenters. The summed E-state index contributed by atoms with van der Waals surface area (Å²) in [5.74, 6) is -0.557. The second-order valence-electron chi connectivity index (χ2n) is 17.3. The quantitative estimate of drug-likeness (QED) is 0.122. The third-order valence-electron chi connectivity index (χ3n) is 11.5. The van der Waals surface area contributed by atoms with Gasteiger partial charge in [-0.25, -0.2) is 22.8 Å². The first kappa shape index (κ1) is 42.0. The van der Waals surface area contributed by atoms with E-state index in [2.05, 4.69) is 25.2 Å². The number of amides is 2. The molecule has 0 saturated carbocycles. The van der Waals surface area contributed by atoms with Crippen molar-refractivity contribution in [3.8, 4) is 23.1 Å². The van der Waals surface area contributed by atoms with Crippen LogP contribution in [0.2, 0.25) is 0 Å². The maximum absolute atomic E-state index is 17.1. The number of carbonyl (C=O) groups excluding carboxylic acids is 2. The molecule has 3 saturated heterocycles. The Morgan fingerprint density at radius 2 is 1.75 bits per heavy atom. The van der Waals surface area contributed by atoms with Gasteiger partial charge >= 0.3 is 18.2 Å². The Morgan fingerprint density at radius 3 is 2.56 bits per heavy atom. The highest BCUT2D eigenvalue weighted by Gasteiger charge is 2.49. The Kier molecular flexibility index (Phi) is 12.2. The van der Waals surface area contributed by atoms with E-state index in [0.29, 0.717) is 31.4 Å². The lowest BCUT2D eigenvalue weighted by atomic mass is 9.94. The number of nitrogens with zero attached hydrogens (tertiary/aromatic N) is 5. The van der Waals surface area contributed by atoms with E-state index in [0.717, 1.165) is 41.3 Å². The van der Waals surface area contributed by atoms with Gasteiger partial charge in [-0.1, -0.05) is 66.7 Å². The topological polar surface area (TPSA) is 128 Å². The van der Waals surface area contributed by atoms with Crippen molar-refractivity contribution in [2.45, 2.75) is 95.4 Å². The molecule has 0 radical (unpaired) electrons. The van der Waals surface area contributed by atoms with Crippen LogP contribution in [0.15, 0.2) is 72.9 Å². The molecule has 0 aliphatic carbocycles. The van der Waals surface area contributed by atoms with Crippen molar-refractivity contribution >= 4 is 33.9 Å². The highest BCUT2D eigenvalue weighted by Crippen LogP contribution is 2.41. The molecule has 1 N–H and O–H groups in total. The number of hydrogen-bond acceptors (Lipinski definition) is 10. The zero-order valence-electron chi connectivity index (χ0n) is 34.7. The highest BCUT2D eigenvalue weighted by molar-refractivity contribution is 6.00. The number of fused-ring (bicyclic) bond motifs is 3. The zero-order chi connectivity index (χ0) is 42.7. The van der Waals surface area contributed by atoms with Crippen LogP contribution >= 0.6 is 0 Å². The number of likely N-dealkylation sites (tertiary alicyclic amines) is 1. The van der Waals surface area contributed by atoms with E-state index in [4.69, 9.17) is 18.9 Å². The summed E-state index contributed by atoms with van der Waals surface area (Å²) in [6, 6.07) is 20.2. The molecule has 0 spiro atoms. The van der Waals surface area contributed by atoms with E-state index in [-0.39, 0.29) is 67.8 Å². The fraction of sp³-hybridized carbons (Fsp3) is 0.457. The Hall–Kier alpha value is -5.70. The summed E-state index contributed by atoms with van der Waals surface area (Å²) in [7, 11) is 0. The van der Waals surface area contributed by atoms with Crippen molar-refractivity contribution in [3.63, 3.8) is 0 Å². The standard InChI is InChI=1S/C46H51F3N6O6/c1-45(2,3)61-44(57)54-24-32(47)21-34(26-54)51-43(56)58-20-9-16-31-14-7-13-30-15-8-17-35(37(30)31)39-38(49)40-36(23-50-39)41(59-27-29-11-5-4-6-12-29)53-42(52-40)60-28-46-18-10-19-55(46)25-33(48)22-46/h4-8,11-15,17,23,32-34H,9-10,16,18-22,24-28H2,1-3H3,(H,51,56)/t32?,33-,34?,46+/m1/s1. The summed E-state index contributed by atoms with van der Waals surface area (Å²) >= 11 is 0. The van der Waals surface area contributed by atoms with Crippen LogP contribution in [-0.4, -0.2) is 106 Å². The molecule has 2 unspecified atom stereocenters. The number of hydrogen-bond donors (Lipinski definition) is 1. The third kappa shape index (κ3) is 9.61. The van der Waals surface area contributed by atoms with Crippen LogP contribution in [0.25, 0.3) is 32.9 Å². The molecular weight excluding hydrogens is 790 g/mol. The Bertz CT molecular complexity index is 2380. The molecule has 3 aliphatic rings. The maximum atomic E-state index is 17.1. The maximum Gasteiger partial charge on any atom is 0.410 e. The number of aromatic nitrogens is 3. The van der Waals surface area contributed by atoms with Crippen LogP contribution < -0.4 is 14.8 Å². The van der Waals surface area contributed by atoms with Gasteiger partial charge in [-0.05, 0) is 74.9 Å². The summed E-state index contributed by atoms with van der Waals surface area (Å²) in [4.78, 5) is 42.5. The number of carbonyl (C=O) groups is 2. The van der Waals surface area contributed by atoms with Gasteiger partial charge in [-0.3, -0.25) is 9.88 Å². The van der Waals surface area contributed by atoms with E-state index in [9.17, 15) is 18.4 Å². The first-order valence-electron chi connectivity index (χ1n) is 21.0. The van der Waals surface area contributed by atoms with Crippen LogP contribution in [0.5, 0.6) is 11.9 Å². The third-order valence-corrected chi connectivity index (χ3v) is 11.5. The predicted octanol–water partition coefficient (Wildman–Crippen LogP) is 8.52. The van der Waals surface area contributed by atoms with Gasteiger partial charge in [-0.2, -0.15) is 9.97 Å². The van der Waals surface area contributed by atoms with E-state index in [1.807, 2.05) is 66.7 Å². The van der Waals surface area contributed by atoms with Crippen LogP contribution in [-0.2, 0) is 22.5 Å². The highest BCUT2D eigenvalue weighted by atomic mass is 19.1. The fourth-order valence-corrected chi connectivity index (χ4v) is 8.82. The van der Waals surface area contributed by atoms with Gasteiger partial charge in [0.1, 0.15) is 42.4 Å². The van der Waals surface area contributed by atoms with Crippen LogP contribution in [0.3, 0.4) is 0 Å². The molecule has 5 aromatic rings. The number of benzene rings is 3. The molecule has 322 valence electrons. The van der Waals surface area contributed by atoms with Crippen molar-refractivity contribution < 1.29 is 41.7 Å². The summed E-state index contributed by atoms with van der Waals surface area (Å²) in [6.45, 7) is 6.76. The summed E-state index contributed by atoms with van der Waals surface area (Å²) in [6.07, 6.45) is 0.973. The van der Waals surface area contributed by atoms with E-state index in [1.54, 1.807) is 20.8 Å². The number of ether oxygens (including phenoxy) is 4. The Labute approximate surface area is 352 Å². The summed E-state index contributed by atoms with van der Waals surface area (Å²) < 4.78 is 69.5. The normalized spacial score (nSPS) is 21.7. The number of alkyl halides is 2.